The fourth-order valence-electron chi connectivity index (χ4n) is 1.48. The van der Waals surface area contributed by atoms with E-state index in [-0.39, 0.29) is 0 Å². The fraction of sp³-hybridized carbons (Fsp3) is 0.857. The third-order valence-electron chi connectivity index (χ3n) is 2.01. The van der Waals surface area contributed by atoms with Crippen molar-refractivity contribution in [1.29, 1.82) is 0 Å². The Balaban J connectivity index is 1.85. The van der Waals surface area contributed by atoms with Crippen molar-refractivity contribution < 1.29 is 0 Å². The Morgan fingerprint density at radius 3 is 2.70 bits per heavy atom. The van der Waals surface area contributed by atoms with E-state index in [4.69, 9.17) is 0 Å². The Morgan fingerprint density at radius 1 is 1.30 bits per heavy atom. The van der Waals surface area contributed by atoms with Gasteiger partial charge in [-0.3, -0.25) is 10.2 Å². The maximum atomic E-state index is 3.40. The van der Waals surface area contributed by atoms with Crippen molar-refractivity contribution in [1.82, 2.24) is 10.2 Å². The van der Waals surface area contributed by atoms with Crippen LogP contribution in [0.1, 0.15) is 12.8 Å². The minimum absolute atomic E-state index is 1.16. The number of nitrogens with one attached hydrogen (secondary N) is 1. The van der Waals surface area contributed by atoms with Crippen molar-refractivity contribution in [3.8, 4) is 0 Å². The molecule has 0 aromatic rings. The molecule has 1 N–H and O–H groups in total. The Bertz CT molecular complexity index is 92.2. The van der Waals surface area contributed by atoms with E-state index in [0.717, 1.165) is 6.54 Å². The van der Waals surface area contributed by atoms with Gasteiger partial charge < -0.3 is 0 Å². The van der Waals surface area contributed by atoms with Gasteiger partial charge in [-0.25, -0.2) is 0 Å². The molecular formula is C7H13N2S. The summed E-state index contributed by atoms with van der Waals surface area (Å²) in [7, 11) is 0. The molecule has 0 aromatic carbocycles. The third-order valence-corrected chi connectivity index (χ3v) is 3.09. The highest BCUT2D eigenvalue weighted by Crippen LogP contribution is 2.28. The zero-order chi connectivity index (χ0) is 6.81. The van der Waals surface area contributed by atoms with Gasteiger partial charge in [-0.15, -0.1) is 11.8 Å². The van der Waals surface area contributed by atoms with Crippen LogP contribution in [-0.2, 0) is 0 Å². The lowest BCUT2D eigenvalue weighted by molar-refractivity contribution is 0.370. The van der Waals surface area contributed by atoms with E-state index in [1.807, 2.05) is 11.8 Å². The van der Waals surface area contributed by atoms with Crippen LogP contribution in [0, 0.1) is 5.50 Å². The third kappa shape index (κ3) is 1.31. The molecule has 0 aliphatic carbocycles. The van der Waals surface area contributed by atoms with Gasteiger partial charge in [0.05, 0.1) is 0 Å². The number of thioether (sulfide) groups is 1. The van der Waals surface area contributed by atoms with Crippen molar-refractivity contribution >= 4 is 11.8 Å². The van der Waals surface area contributed by atoms with E-state index in [1.165, 1.54) is 37.2 Å². The normalized spacial score (nSPS) is 30.0. The molecule has 0 unspecified atom stereocenters. The van der Waals surface area contributed by atoms with Gasteiger partial charge in [0.1, 0.15) is 0 Å². The number of hydrogen-bond donors (Lipinski definition) is 1. The maximum Gasteiger partial charge on any atom is 0.162 e. The second kappa shape index (κ2) is 3.11. The van der Waals surface area contributed by atoms with Crippen molar-refractivity contribution in [3.05, 3.63) is 5.50 Å². The van der Waals surface area contributed by atoms with Gasteiger partial charge in [-0.2, -0.15) is 0 Å². The Hall–Kier alpha value is 0.270. The van der Waals surface area contributed by atoms with E-state index in [9.17, 15) is 0 Å². The first kappa shape index (κ1) is 6.95. The number of hydrogen-bond acceptors (Lipinski definition) is 3. The monoisotopic (exact) mass is 157 g/mol. The molecule has 2 aliphatic heterocycles. The molecule has 2 rings (SSSR count). The molecule has 2 aliphatic rings. The summed E-state index contributed by atoms with van der Waals surface area (Å²) in [5.74, 6) is 1.26. The molecule has 10 heavy (non-hydrogen) atoms. The smallest absolute Gasteiger partial charge is 0.162 e. The lowest BCUT2D eigenvalue weighted by Crippen LogP contribution is -2.30. The predicted molar refractivity (Wildman–Crippen MR) is 44.5 cm³/mol. The SMILES string of the molecule is C1CCN([C]2NCCS2)C1. The lowest BCUT2D eigenvalue weighted by Gasteiger charge is -2.19. The Kier molecular flexibility index (Phi) is 2.16. The summed E-state index contributed by atoms with van der Waals surface area (Å²) < 4.78 is 0. The van der Waals surface area contributed by atoms with Crippen molar-refractivity contribution in [2.24, 2.45) is 0 Å². The van der Waals surface area contributed by atoms with Crippen LogP contribution in [0.15, 0.2) is 0 Å². The van der Waals surface area contributed by atoms with Gasteiger partial charge in [-0.05, 0) is 12.8 Å². The summed E-state index contributed by atoms with van der Waals surface area (Å²) in [6, 6.07) is 0. The molecule has 0 bridgehead atoms. The van der Waals surface area contributed by atoms with Crippen LogP contribution in [0.2, 0.25) is 0 Å². The molecule has 57 valence electrons. The zero-order valence-electron chi connectivity index (χ0n) is 6.10. The van der Waals surface area contributed by atoms with Gasteiger partial charge in [0.2, 0.25) is 0 Å². The Morgan fingerprint density at radius 2 is 2.10 bits per heavy atom. The highest BCUT2D eigenvalue weighted by molar-refractivity contribution is 8.02. The molecule has 2 fully saturated rings. The van der Waals surface area contributed by atoms with E-state index in [2.05, 4.69) is 10.2 Å². The molecular weight excluding hydrogens is 144 g/mol. The molecule has 0 atom stereocenters. The van der Waals surface area contributed by atoms with Crippen LogP contribution >= 0.6 is 11.8 Å². The first-order valence-electron chi connectivity index (χ1n) is 3.95. The summed E-state index contributed by atoms with van der Waals surface area (Å²) in [6.45, 7) is 3.71. The van der Waals surface area contributed by atoms with Crippen LogP contribution in [0.5, 0.6) is 0 Å². The standard InChI is InChI=1S/C7H13N2S/c1-2-5-9(4-1)7-8-3-6-10-7/h8H,1-6H2. The number of nitrogens with zero attached hydrogens (tertiary/aromatic N) is 1. The highest BCUT2D eigenvalue weighted by atomic mass is 32.2. The largest absolute Gasteiger partial charge is 0.286 e. The van der Waals surface area contributed by atoms with Crippen LogP contribution < -0.4 is 5.32 Å². The van der Waals surface area contributed by atoms with Crippen molar-refractivity contribution in [3.63, 3.8) is 0 Å². The molecule has 0 amide bonds. The van der Waals surface area contributed by atoms with E-state index in [0.29, 0.717) is 0 Å². The Labute approximate surface area is 66.4 Å². The average Bonchev–Trinajstić information content (AvgIpc) is 2.59. The van der Waals surface area contributed by atoms with Gasteiger partial charge in [0, 0.05) is 25.4 Å². The maximum absolute atomic E-state index is 3.40. The lowest BCUT2D eigenvalue weighted by atomic mass is 10.4. The average molecular weight is 157 g/mol. The van der Waals surface area contributed by atoms with Crippen molar-refractivity contribution in [2.75, 3.05) is 25.4 Å². The first-order valence-corrected chi connectivity index (χ1v) is 4.94. The van der Waals surface area contributed by atoms with Crippen LogP contribution in [-0.4, -0.2) is 30.3 Å². The second-order valence-electron chi connectivity index (χ2n) is 2.77. The van der Waals surface area contributed by atoms with Crippen LogP contribution in [0.25, 0.3) is 0 Å². The summed E-state index contributed by atoms with van der Waals surface area (Å²) in [4.78, 5) is 2.47. The number of likely N-dealkylation sites (tertiary alicyclic amines) is 1. The minimum Gasteiger partial charge on any atom is -0.286 e. The molecule has 0 aromatic heterocycles. The quantitative estimate of drug-likeness (QED) is 0.608. The van der Waals surface area contributed by atoms with Crippen LogP contribution in [0.4, 0.5) is 0 Å². The molecule has 2 heterocycles. The van der Waals surface area contributed by atoms with E-state index < -0.39 is 0 Å². The van der Waals surface area contributed by atoms with Gasteiger partial charge in [-0.1, -0.05) is 0 Å². The molecule has 3 heteroatoms. The molecule has 1 radical (unpaired) electrons. The minimum atomic E-state index is 1.16. The zero-order valence-corrected chi connectivity index (χ0v) is 6.91. The van der Waals surface area contributed by atoms with Gasteiger partial charge in [0.25, 0.3) is 0 Å². The summed E-state index contributed by atoms with van der Waals surface area (Å²) in [5.41, 5.74) is 1.43. The van der Waals surface area contributed by atoms with Gasteiger partial charge >= 0.3 is 0 Å². The molecule has 2 saturated heterocycles. The first-order chi connectivity index (χ1) is 4.97. The number of rotatable bonds is 1. The fourth-order valence-corrected chi connectivity index (χ4v) is 2.45. The summed E-state index contributed by atoms with van der Waals surface area (Å²) >= 11 is 1.97. The predicted octanol–water partition coefficient (Wildman–Crippen LogP) is 0.866. The van der Waals surface area contributed by atoms with Gasteiger partial charge in [0.15, 0.2) is 5.50 Å². The van der Waals surface area contributed by atoms with Crippen molar-refractivity contribution in [2.45, 2.75) is 12.8 Å². The topological polar surface area (TPSA) is 15.3 Å². The molecule has 2 nitrogen and oxygen atoms in total. The summed E-state index contributed by atoms with van der Waals surface area (Å²) in [6.07, 6.45) is 2.76. The highest BCUT2D eigenvalue weighted by Gasteiger charge is 2.25. The summed E-state index contributed by atoms with van der Waals surface area (Å²) in [5, 5.41) is 3.40. The van der Waals surface area contributed by atoms with Crippen LogP contribution in [0.3, 0.4) is 0 Å². The molecule has 0 spiro atoms. The van der Waals surface area contributed by atoms with E-state index in [1.54, 1.807) is 0 Å². The molecule has 0 saturated carbocycles. The second-order valence-corrected chi connectivity index (χ2v) is 3.86. The van der Waals surface area contributed by atoms with E-state index >= 15 is 0 Å².